The summed E-state index contributed by atoms with van der Waals surface area (Å²) in [5, 5.41) is 0. The topological polar surface area (TPSA) is 0 Å². The Labute approximate surface area is 128 Å². The van der Waals surface area contributed by atoms with Gasteiger partial charge >= 0.3 is 6.00 Å². The van der Waals surface area contributed by atoms with E-state index in [-0.39, 0.29) is 0 Å². The molecule has 0 bridgehead atoms. The fourth-order valence-electron chi connectivity index (χ4n) is 1.74. The van der Waals surface area contributed by atoms with Crippen LogP contribution in [0.25, 0.3) is 0 Å². The first-order valence-corrected chi connectivity index (χ1v) is 12.1. The highest BCUT2D eigenvalue weighted by Gasteiger charge is 2.21. The summed E-state index contributed by atoms with van der Waals surface area (Å²) in [5.74, 6) is 0. The van der Waals surface area contributed by atoms with E-state index in [1.165, 1.54) is 44.1 Å². The van der Waals surface area contributed by atoms with E-state index in [0.29, 0.717) is 0 Å². The second-order valence-electron chi connectivity index (χ2n) is 4.62. The predicted molar refractivity (Wildman–Crippen MR) is 88.8 cm³/mol. The zero-order valence-corrected chi connectivity index (χ0v) is 14.8. The summed E-state index contributed by atoms with van der Waals surface area (Å²) >= 11 is 17.9. The minimum absolute atomic E-state index is 1.03. The molecule has 0 aromatic carbocycles. The van der Waals surface area contributed by atoms with Crippen LogP contribution in [0, 0.1) is 0 Å². The van der Waals surface area contributed by atoms with Crippen LogP contribution in [0.4, 0.5) is 0 Å². The molecule has 0 aromatic rings. The highest BCUT2D eigenvalue weighted by molar-refractivity contribution is 7.66. The van der Waals surface area contributed by atoms with Crippen LogP contribution in [0.1, 0.15) is 65.2 Å². The lowest BCUT2D eigenvalue weighted by molar-refractivity contribution is 0.716. The Kier molecular flexibility index (Phi) is 11.8. The zero-order chi connectivity index (χ0) is 13.9. The highest BCUT2D eigenvalue weighted by atomic mass is 35.8. The Morgan fingerprint density at radius 3 is 2.11 bits per heavy atom. The van der Waals surface area contributed by atoms with Gasteiger partial charge in [-0.2, -0.15) is 0 Å². The molecule has 0 aromatic heterocycles. The molecule has 0 saturated heterocycles. The lowest BCUT2D eigenvalue weighted by Gasteiger charge is -2.06. The summed E-state index contributed by atoms with van der Waals surface area (Å²) in [6.07, 6.45) is 14.0. The van der Waals surface area contributed by atoms with Gasteiger partial charge in [0.15, 0.2) is 0 Å². The van der Waals surface area contributed by atoms with E-state index in [4.69, 9.17) is 33.2 Å². The molecule has 18 heavy (non-hydrogen) atoms. The Hall–Kier alpha value is 0.567. The van der Waals surface area contributed by atoms with Gasteiger partial charge in [0.2, 0.25) is 0 Å². The maximum Gasteiger partial charge on any atom is 0.365 e. The van der Waals surface area contributed by atoms with Crippen molar-refractivity contribution >= 4 is 39.2 Å². The summed E-state index contributed by atoms with van der Waals surface area (Å²) < 4.78 is 0. The molecule has 0 nitrogen and oxygen atoms in total. The van der Waals surface area contributed by atoms with Crippen LogP contribution in [-0.4, -0.2) is 6.00 Å². The molecule has 0 atom stereocenters. The first-order chi connectivity index (χ1) is 8.49. The molecule has 0 unspecified atom stereocenters. The molecular weight excluding hydrogens is 303 g/mol. The van der Waals surface area contributed by atoms with Crippen molar-refractivity contribution in [3.8, 4) is 0 Å². The van der Waals surface area contributed by atoms with Crippen LogP contribution in [0.3, 0.4) is 0 Å². The fourth-order valence-corrected chi connectivity index (χ4v) is 3.66. The van der Waals surface area contributed by atoms with E-state index in [1.54, 1.807) is 0 Å². The molecule has 0 aliphatic carbocycles. The predicted octanol–water partition coefficient (Wildman–Crippen LogP) is 6.82. The van der Waals surface area contributed by atoms with Crippen molar-refractivity contribution in [3.63, 3.8) is 0 Å². The van der Waals surface area contributed by atoms with Crippen molar-refractivity contribution in [2.75, 3.05) is 0 Å². The van der Waals surface area contributed by atoms with Crippen LogP contribution in [-0.2, 0) is 0 Å². The van der Waals surface area contributed by atoms with Crippen LogP contribution in [0.15, 0.2) is 23.4 Å². The minimum Gasteiger partial charge on any atom is -0.121 e. The van der Waals surface area contributed by atoms with Crippen molar-refractivity contribution < 1.29 is 0 Å². The fraction of sp³-hybridized carbons (Fsp3) is 0.714. The molecule has 0 N–H and O–H groups in total. The third kappa shape index (κ3) is 13.0. The molecule has 106 valence electrons. The first kappa shape index (κ1) is 18.6. The second-order valence-corrected chi connectivity index (χ2v) is 13.1. The van der Waals surface area contributed by atoms with E-state index in [2.05, 4.69) is 26.0 Å². The maximum absolute atomic E-state index is 5.96. The average molecular weight is 328 g/mol. The van der Waals surface area contributed by atoms with Gasteiger partial charge in [0.1, 0.15) is 0 Å². The van der Waals surface area contributed by atoms with Crippen molar-refractivity contribution in [2.45, 2.75) is 65.2 Å². The highest BCUT2D eigenvalue weighted by Crippen LogP contribution is 2.25. The van der Waals surface area contributed by atoms with E-state index in [1.807, 2.05) is 5.70 Å². The van der Waals surface area contributed by atoms with Gasteiger partial charge in [-0.05, 0) is 31.4 Å². The lowest BCUT2D eigenvalue weighted by Crippen LogP contribution is -2.05. The summed E-state index contributed by atoms with van der Waals surface area (Å²) in [5.41, 5.74) is 3.08. The molecule has 0 saturated carbocycles. The molecule has 0 radical (unpaired) electrons. The average Bonchev–Trinajstić information content (AvgIpc) is 2.27. The Morgan fingerprint density at radius 2 is 1.56 bits per heavy atom. The summed E-state index contributed by atoms with van der Waals surface area (Å²) in [7, 11) is 0. The second kappa shape index (κ2) is 11.4. The molecule has 0 aliphatic rings. The summed E-state index contributed by atoms with van der Waals surface area (Å²) in [6.45, 7) is 4.42. The van der Waals surface area contributed by atoms with Crippen molar-refractivity contribution in [1.29, 1.82) is 0 Å². The lowest BCUT2D eigenvalue weighted by atomic mass is 10.1. The van der Waals surface area contributed by atoms with Crippen LogP contribution >= 0.6 is 33.2 Å². The first-order valence-electron chi connectivity index (χ1n) is 6.94. The Morgan fingerprint density at radius 1 is 0.944 bits per heavy atom. The molecule has 0 rings (SSSR count). The smallest absolute Gasteiger partial charge is 0.121 e. The maximum atomic E-state index is 5.96. The van der Waals surface area contributed by atoms with Gasteiger partial charge in [-0.15, -0.1) is 33.2 Å². The summed E-state index contributed by atoms with van der Waals surface area (Å²) in [6, 6.07) is -2.65. The minimum atomic E-state index is -2.65. The van der Waals surface area contributed by atoms with E-state index in [0.717, 1.165) is 12.8 Å². The molecule has 0 heterocycles. The standard InChI is InChI=1S/C14H25Cl3Si/c1-3-5-7-8-10-12-14(11-9-6-4-2)13-18(15,16)17/h10,12-13H,3-9,11H2,1-2H3/b12-10+,14-13-. The number of hydrogen-bond acceptors (Lipinski definition) is 0. The normalized spacial score (nSPS) is 13.5. The number of unbranched alkanes of at least 4 members (excludes halogenated alkanes) is 5. The number of rotatable bonds is 10. The third-order valence-electron chi connectivity index (χ3n) is 2.72. The van der Waals surface area contributed by atoms with Gasteiger partial charge in [0, 0.05) is 0 Å². The largest absolute Gasteiger partial charge is 0.365 e. The summed E-state index contributed by atoms with van der Waals surface area (Å²) in [4.78, 5) is 0. The SMILES string of the molecule is CCCCC/C=C/C(=C\[Si](Cl)(Cl)Cl)CCCCC. The molecular formula is C14H25Cl3Si. The molecule has 0 spiro atoms. The van der Waals surface area contributed by atoms with E-state index < -0.39 is 6.00 Å². The van der Waals surface area contributed by atoms with Gasteiger partial charge in [-0.3, -0.25) is 0 Å². The molecule has 0 aliphatic heterocycles. The molecule has 0 amide bonds. The van der Waals surface area contributed by atoms with Crippen molar-refractivity contribution in [2.24, 2.45) is 0 Å². The van der Waals surface area contributed by atoms with Gasteiger partial charge in [-0.25, -0.2) is 0 Å². The Bertz CT molecular complexity index is 254. The van der Waals surface area contributed by atoms with Gasteiger partial charge < -0.3 is 0 Å². The van der Waals surface area contributed by atoms with Crippen molar-refractivity contribution in [3.05, 3.63) is 23.4 Å². The van der Waals surface area contributed by atoms with Crippen LogP contribution in [0.2, 0.25) is 0 Å². The quantitative estimate of drug-likeness (QED) is 0.179. The van der Waals surface area contributed by atoms with E-state index >= 15 is 0 Å². The van der Waals surface area contributed by atoms with Gasteiger partial charge in [-0.1, -0.05) is 57.3 Å². The van der Waals surface area contributed by atoms with Gasteiger partial charge in [0.05, 0.1) is 0 Å². The monoisotopic (exact) mass is 326 g/mol. The van der Waals surface area contributed by atoms with Crippen LogP contribution < -0.4 is 0 Å². The van der Waals surface area contributed by atoms with Crippen LogP contribution in [0.5, 0.6) is 0 Å². The number of allylic oxidation sites excluding steroid dienone is 3. The van der Waals surface area contributed by atoms with E-state index in [9.17, 15) is 0 Å². The zero-order valence-electron chi connectivity index (χ0n) is 11.5. The number of hydrogen-bond donors (Lipinski definition) is 0. The Balaban J connectivity index is 4.25. The van der Waals surface area contributed by atoms with Crippen molar-refractivity contribution in [1.82, 2.24) is 0 Å². The molecule has 0 fully saturated rings. The number of halogens is 3. The third-order valence-corrected chi connectivity index (χ3v) is 4.40. The van der Waals surface area contributed by atoms with Gasteiger partial charge in [0.25, 0.3) is 0 Å². The molecule has 4 heteroatoms.